The zero-order valence-electron chi connectivity index (χ0n) is 19.9. The van der Waals surface area contributed by atoms with Crippen LogP contribution in [0.1, 0.15) is 70.1 Å². The summed E-state index contributed by atoms with van der Waals surface area (Å²) in [4.78, 5) is 30.3. The summed E-state index contributed by atoms with van der Waals surface area (Å²) in [6.45, 7) is 6.53. The molecule has 3 unspecified atom stereocenters. The van der Waals surface area contributed by atoms with Crippen LogP contribution >= 0.6 is 0 Å². The fourth-order valence-electron chi connectivity index (χ4n) is 5.67. The van der Waals surface area contributed by atoms with Crippen LogP contribution in [-0.4, -0.2) is 29.4 Å². The topological polar surface area (TPSA) is 123 Å². The van der Waals surface area contributed by atoms with E-state index in [9.17, 15) is 9.59 Å². The number of aryl methyl sites for hydroxylation is 1. The van der Waals surface area contributed by atoms with Crippen molar-refractivity contribution in [2.45, 2.75) is 78.3 Å². The predicted octanol–water partition coefficient (Wildman–Crippen LogP) is 2.91. The van der Waals surface area contributed by atoms with E-state index in [4.69, 9.17) is 11.5 Å². The lowest BCUT2D eigenvalue weighted by Gasteiger charge is -2.44. The van der Waals surface area contributed by atoms with Crippen molar-refractivity contribution in [3.63, 3.8) is 0 Å². The number of hydrogen-bond donors (Lipinski definition) is 4. The quantitative estimate of drug-likeness (QED) is 0.492. The highest BCUT2D eigenvalue weighted by Crippen LogP contribution is 2.46. The van der Waals surface area contributed by atoms with Crippen molar-refractivity contribution in [2.24, 2.45) is 35.3 Å². The number of fused-ring (bicyclic) bond motifs is 1. The molecule has 2 aliphatic rings. The van der Waals surface area contributed by atoms with Gasteiger partial charge < -0.3 is 22.1 Å². The number of aromatic nitrogens is 1. The van der Waals surface area contributed by atoms with Crippen LogP contribution in [0.15, 0.2) is 12.1 Å². The number of carbonyl (C=O) groups excluding carboxylic acids is 2. The molecule has 1 heterocycles. The number of nitrogens with one attached hydrogen (secondary N) is 2. The first-order chi connectivity index (χ1) is 15.3. The minimum absolute atomic E-state index is 0.0101. The van der Waals surface area contributed by atoms with Gasteiger partial charge >= 0.3 is 0 Å². The molecule has 0 aromatic carbocycles. The van der Waals surface area contributed by atoms with Gasteiger partial charge in [0.15, 0.2) is 0 Å². The second-order valence-electron chi connectivity index (χ2n) is 10.1. The first-order valence-electron chi connectivity index (χ1n) is 12.3. The summed E-state index contributed by atoms with van der Waals surface area (Å²) >= 11 is 0. The molecule has 0 radical (unpaired) electrons. The van der Waals surface area contributed by atoms with Crippen molar-refractivity contribution in [1.29, 1.82) is 0 Å². The molecule has 3 rings (SSSR count). The van der Waals surface area contributed by atoms with E-state index in [1.807, 2.05) is 26.8 Å². The Bertz CT molecular complexity index is 795. The molecule has 0 saturated heterocycles. The summed E-state index contributed by atoms with van der Waals surface area (Å²) in [7, 11) is 0. The first kappa shape index (κ1) is 24.5. The van der Waals surface area contributed by atoms with Gasteiger partial charge in [0.2, 0.25) is 11.8 Å². The Hall–Kier alpha value is -2.15. The third kappa shape index (κ3) is 6.00. The number of nitrogens with two attached hydrogens (primary N) is 2. The summed E-state index contributed by atoms with van der Waals surface area (Å²) in [5, 5.41) is 6.13. The number of nitrogen functional groups attached to an aromatic ring is 1. The van der Waals surface area contributed by atoms with Crippen LogP contribution in [-0.2, 0) is 16.1 Å². The van der Waals surface area contributed by atoms with E-state index in [1.54, 1.807) is 6.07 Å². The van der Waals surface area contributed by atoms with Gasteiger partial charge in [-0.3, -0.25) is 9.59 Å². The lowest BCUT2D eigenvalue weighted by atomic mass is 9.62. The summed E-state index contributed by atoms with van der Waals surface area (Å²) in [6.07, 6.45) is 8.50. The maximum Gasteiger partial charge on any atom is 0.237 e. The van der Waals surface area contributed by atoms with Crippen molar-refractivity contribution < 1.29 is 9.59 Å². The Labute approximate surface area is 192 Å². The third-order valence-electron chi connectivity index (χ3n) is 7.67. The van der Waals surface area contributed by atoms with E-state index in [0.717, 1.165) is 30.0 Å². The monoisotopic (exact) mass is 443 g/mol. The van der Waals surface area contributed by atoms with Crippen LogP contribution in [0.2, 0.25) is 0 Å². The Morgan fingerprint density at radius 2 is 1.78 bits per heavy atom. The molecule has 0 spiro atoms. The second-order valence-corrected chi connectivity index (χ2v) is 10.1. The van der Waals surface area contributed by atoms with Crippen LogP contribution in [0, 0.1) is 36.5 Å². The molecule has 5 atom stereocenters. The number of carbonyl (C=O) groups is 2. The van der Waals surface area contributed by atoms with E-state index in [1.165, 1.54) is 32.1 Å². The number of anilines is 1. The number of pyridine rings is 1. The number of rotatable bonds is 8. The Kier molecular flexibility index (Phi) is 8.51. The van der Waals surface area contributed by atoms with Crippen LogP contribution in [0.4, 0.5) is 5.82 Å². The molecule has 32 heavy (non-hydrogen) atoms. The fourth-order valence-corrected chi connectivity index (χ4v) is 5.67. The second kappa shape index (κ2) is 11.1. The molecule has 2 saturated carbocycles. The zero-order valence-corrected chi connectivity index (χ0v) is 19.9. The molecule has 1 aromatic heterocycles. The van der Waals surface area contributed by atoms with Gasteiger partial charge in [0, 0.05) is 18.8 Å². The Morgan fingerprint density at radius 3 is 2.50 bits per heavy atom. The predicted molar refractivity (Wildman–Crippen MR) is 127 cm³/mol. The first-order valence-corrected chi connectivity index (χ1v) is 12.3. The molecule has 0 bridgehead atoms. The molecule has 2 amide bonds. The highest BCUT2D eigenvalue weighted by Gasteiger charge is 2.41. The molecule has 7 nitrogen and oxygen atoms in total. The maximum atomic E-state index is 13.4. The average molecular weight is 444 g/mol. The number of hydrogen-bond acceptors (Lipinski definition) is 5. The molecule has 2 aliphatic carbocycles. The zero-order chi connectivity index (χ0) is 23.3. The van der Waals surface area contributed by atoms with Gasteiger partial charge in [-0.1, -0.05) is 52.0 Å². The lowest BCUT2D eigenvalue weighted by Crippen LogP contribution is -2.50. The third-order valence-corrected chi connectivity index (χ3v) is 7.67. The fraction of sp³-hybridized carbons (Fsp3) is 0.720. The van der Waals surface area contributed by atoms with Gasteiger partial charge in [-0.25, -0.2) is 4.98 Å². The summed E-state index contributed by atoms with van der Waals surface area (Å²) < 4.78 is 0. The molecule has 178 valence electrons. The van der Waals surface area contributed by atoms with E-state index < -0.39 is 6.04 Å². The molecule has 7 heteroatoms. The summed E-state index contributed by atoms with van der Waals surface area (Å²) in [5.41, 5.74) is 13.6. The molecular formula is C25H41N5O2. The number of nitrogens with zero attached hydrogens (tertiary/aromatic N) is 1. The van der Waals surface area contributed by atoms with Crippen LogP contribution in [0.5, 0.6) is 0 Å². The SMILES string of the molecule is Cc1nc(N)ccc1CNC(=O)[C@@H](CNC(=O)[C@H](N)C(C)C)C1CCCC2CCCCC21. The Balaban J connectivity index is 1.72. The van der Waals surface area contributed by atoms with Crippen LogP contribution in [0.25, 0.3) is 0 Å². The molecule has 1 aromatic rings. The van der Waals surface area contributed by atoms with Gasteiger partial charge in [0.05, 0.1) is 12.0 Å². The molecular weight excluding hydrogens is 402 g/mol. The van der Waals surface area contributed by atoms with Gasteiger partial charge in [-0.15, -0.1) is 0 Å². The maximum absolute atomic E-state index is 13.4. The molecule has 6 N–H and O–H groups in total. The van der Waals surface area contributed by atoms with E-state index in [2.05, 4.69) is 15.6 Å². The smallest absolute Gasteiger partial charge is 0.237 e. The highest BCUT2D eigenvalue weighted by molar-refractivity contribution is 5.83. The van der Waals surface area contributed by atoms with E-state index in [0.29, 0.717) is 30.7 Å². The normalized spacial score (nSPS) is 25.0. The summed E-state index contributed by atoms with van der Waals surface area (Å²) in [6, 6.07) is 3.11. The van der Waals surface area contributed by atoms with Crippen molar-refractivity contribution in [2.75, 3.05) is 12.3 Å². The highest BCUT2D eigenvalue weighted by atomic mass is 16.2. The van der Waals surface area contributed by atoms with Crippen LogP contribution in [0.3, 0.4) is 0 Å². The standard InChI is InChI=1S/C25H41N5O2/c1-15(2)23(27)25(32)29-14-21(20-10-6-8-17-7-4-5-9-19(17)20)24(31)28-13-18-11-12-22(26)30-16(18)3/h11-12,15,17,19-21,23H,4-10,13-14,27H2,1-3H3,(H2,26,30)(H,28,31)(H,29,32)/t17?,19?,20?,21-,23+/m0/s1. The van der Waals surface area contributed by atoms with Gasteiger partial charge in [-0.2, -0.15) is 0 Å². The molecule has 2 fully saturated rings. The largest absolute Gasteiger partial charge is 0.384 e. The lowest BCUT2D eigenvalue weighted by molar-refractivity contribution is -0.130. The average Bonchev–Trinajstić information content (AvgIpc) is 2.78. The minimum atomic E-state index is -0.559. The van der Waals surface area contributed by atoms with Crippen molar-refractivity contribution in [3.05, 3.63) is 23.4 Å². The van der Waals surface area contributed by atoms with Gasteiger partial charge in [0.1, 0.15) is 5.82 Å². The number of amides is 2. The van der Waals surface area contributed by atoms with E-state index >= 15 is 0 Å². The molecule has 0 aliphatic heterocycles. The minimum Gasteiger partial charge on any atom is -0.384 e. The van der Waals surface area contributed by atoms with Gasteiger partial charge in [0.25, 0.3) is 0 Å². The van der Waals surface area contributed by atoms with Crippen molar-refractivity contribution >= 4 is 17.6 Å². The van der Waals surface area contributed by atoms with Crippen molar-refractivity contribution in [1.82, 2.24) is 15.6 Å². The van der Waals surface area contributed by atoms with E-state index in [-0.39, 0.29) is 23.7 Å². The van der Waals surface area contributed by atoms with Gasteiger partial charge in [-0.05, 0) is 55.1 Å². The van der Waals surface area contributed by atoms with Crippen molar-refractivity contribution in [3.8, 4) is 0 Å². The Morgan fingerprint density at radius 1 is 1.06 bits per heavy atom. The van der Waals surface area contributed by atoms with Crippen LogP contribution < -0.4 is 22.1 Å². The summed E-state index contributed by atoms with van der Waals surface area (Å²) in [5.74, 6) is 1.72.